The van der Waals surface area contributed by atoms with Gasteiger partial charge in [-0.25, -0.2) is 0 Å². The number of carbonyl (C=O) groups is 1. The monoisotopic (exact) mass is 298 g/mol. The number of nitrogen functional groups attached to an aromatic ring is 1. The van der Waals surface area contributed by atoms with Gasteiger partial charge in [-0.3, -0.25) is 4.79 Å². The lowest BCUT2D eigenvalue weighted by Crippen LogP contribution is -2.33. The summed E-state index contributed by atoms with van der Waals surface area (Å²) in [5.74, 6) is 0.971. The zero-order valence-electron chi connectivity index (χ0n) is 11.0. The van der Waals surface area contributed by atoms with E-state index in [4.69, 9.17) is 17.3 Å². The summed E-state index contributed by atoms with van der Waals surface area (Å²) in [4.78, 5) is 12.2. The van der Waals surface area contributed by atoms with Crippen molar-refractivity contribution in [3.05, 3.63) is 28.8 Å². The minimum Gasteiger partial charge on any atom is -0.398 e. The van der Waals surface area contributed by atoms with Crippen LogP contribution in [0.1, 0.15) is 36.5 Å². The molecule has 3 N–H and O–H groups in total. The van der Waals surface area contributed by atoms with Crippen LogP contribution in [0.3, 0.4) is 0 Å². The molecule has 1 saturated carbocycles. The zero-order chi connectivity index (χ0) is 13.8. The van der Waals surface area contributed by atoms with Crippen molar-refractivity contribution < 1.29 is 4.79 Å². The number of carbonyl (C=O) groups excluding carboxylic acids is 1. The zero-order valence-corrected chi connectivity index (χ0v) is 12.6. The van der Waals surface area contributed by atoms with Crippen LogP contribution in [0.4, 0.5) is 5.69 Å². The molecule has 2 rings (SSSR count). The summed E-state index contributed by atoms with van der Waals surface area (Å²) >= 11 is 8.01. The molecule has 1 fully saturated rings. The average Bonchev–Trinajstić information content (AvgIpc) is 2.77. The predicted octanol–water partition coefficient (Wildman–Crippen LogP) is 3.33. The first-order chi connectivity index (χ1) is 9.11. The number of hydrogen-bond donors (Lipinski definition) is 2. The lowest BCUT2D eigenvalue weighted by Gasteiger charge is -2.15. The molecule has 2 atom stereocenters. The molecule has 2 unspecified atom stereocenters. The first kappa shape index (κ1) is 14.5. The molecule has 5 heteroatoms. The van der Waals surface area contributed by atoms with Gasteiger partial charge in [-0.15, -0.1) is 0 Å². The summed E-state index contributed by atoms with van der Waals surface area (Å²) in [7, 11) is 0. The number of halogens is 1. The summed E-state index contributed by atoms with van der Waals surface area (Å²) in [6, 6.07) is 5.38. The van der Waals surface area contributed by atoms with E-state index in [0.717, 1.165) is 18.6 Å². The maximum Gasteiger partial charge on any atom is 0.255 e. The summed E-state index contributed by atoms with van der Waals surface area (Å²) in [6.45, 7) is 2.17. The molecule has 1 aromatic carbocycles. The van der Waals surface area contributed by atoms with Crippen molar-refractivity contribution in [2.24, 2.45) is 0 Å². The van der Waals surface area contributed by atoms with E-state index in [9.17, 15) is 4.79 Å². The molecule has 19 heavy (non-hydrogen) atoms. The quantitative estimate of drug-likeness (QED) is 0.838. The minimum absolute atomic E-state index is 0.157. The standard InChI is InChI=1S/C14H19ClN2OS/c1-2-19-10-7-6-9(8-10)17-14(18)13-11(15)4-3-5-12(13)16/h3-5,9-10H,2,6-8,16H2,1H3,(H,17,18). The van der Waals surface area contributed by atoms with E-state index in [1.54, 1.807) is 18.2 Å². The highest BCUT2D eigenvalue weighted by molar-refractivity contribution is 7.99. The Morgan fingerprint density at radius 3 is 3.00 bits per heavy atom. The van der Waals surface area contributed by atoms with Gasteiger partial charge in [0.1, 0.15) is 0 Å². The van der Waals surface area contributed by atoms with Gasteiger partial charge in [0.05, 0.1) is 10.6 Å². The van der Waals surface area contributed by atoms with Gasteiger partial charge in [-0.05, 0) is 37.1 Å². The Morgan fingerprint density at radius 2 is 2.32 bits per heavy atom. The second kappa shape index (κ2) is 6.53. The largest absolute Gasteiger partial charge is 0.398 e. The molecule has 1 aliphatic carbocycles. The molecule has 0 saturated heterocycles. The highest BCUT2D eigenvalue weighted by Gasteiger charge is 2.27. The maximum atomic E-state index is 12.2. The number of rotatable bonds is 4. The molecule has 104 valence electrons. The van der Waals surface area contributed by atoms with Crippen LogP contribution in [-0.2, 0) is 0 Å². The molecule has 0 heterocycles. The van der Waals surface area contributed by atoms with Crippen LogP contribution in [0.25, 0.3) is 0 Å². The van der Waals surface area contributed by atoms with E-state index in [2.05, 4.69) is 12.2 Å². The van der Waals surface area contributed by atoms with Crippen molar-refractivity contribution in [3.8, 4) is 0 Å². The van der Waals surface area contributed by atoms with Gasteiger partial charge in [0.2, 0.25) is 0 Å². The van der Waals surface area contributed by atoms with Gasteiger partial charge in [-0.1, -0.05) is 24.6 Å². The Morgan fingerprint density at radius 1 is 1.53 bits per heavy atom. The van der Waals surface area contributed by atoms with Gasteiger partial charge in [0.15, 0.2) is 0 Å². The molecule has 0 spiro atoms. The van der Waals surface area contributed by atoms with E-state index in [-0.39, 0.29) is 11.9 Å². The summed E-state index contributed by atoms with van der Waals surface area (Å²) in [5, 5.41) is 4.13. The number of nitrogens with one attached hydrogen (secondary N) is 1. The van der Waals surface area contributed by atoms with Crippen LogP contribution >= 0.6 is 23.4 Å². The van der Waals surface area contributed by atoms with E-state index in [0.29, 0.717) is 21.5 Å². The molecular formula is C14H19ClN2OS. The van der Waals surface area contributed by atoms with Crippen LogP contribution in [0.15, 0.2) is 18.2 Å². The fourth-order valence-electron chi connectivity index (χ4n) is 2.50. The van der Waals surface area contributed by atoms with Crippen molar-refractivity contribution in [2.45, 2.75) is 37.5 Å². The van der Waals surface area contributed by atoms with Crippen LogP contribution in [0.2, 0.25) is 5.02 Å². The average molecular weight is 299 g/mol. The van der Waals surface area contributed by atoms with E-state index in [1.165, 1.54) is 6.42 Å². The Kier molecular flexibility index (Phi) is 4.99. The summed E-state index contributed by atoms with van der Waals surface area (Å²) in [6.07, 6.45) is 3.24. The van der Waals surface area contributed by atoms with Crippen LogP contribution < -0.4 is 11.1 Å². The lowest BCUT2D eigenvalue weighted by atomic mass is 10.1. The van der Waals surface area contributed by atoms with Crippen LogP contribution in [0.5, 0.6) is 0 Å². The number of nitrogens with two attached hydrogens (primary N) is 1. The predicted molar refractivity (Wildman–Crippen MR) is 82.9 cm³/mol. The fourth-order valence-corrected chi connectivity index (χ4v) is 3.91. The highest BCUT2D eigenvalue weighted by Crippen LogP contribution is 2.30. The van der Waals surface area contributed by atoms with Crippen molar-refractivity contribution >= 4 is 35.0 Å². The molecule has 3 nitrogen and oxygen atoms in total. The Balaban J connectivity index is 1.99. The third-order valence-electron chi connectivity index (χ3n) is 3.40. The molecule has 1 aromatic rings. The molecule has 0 aromatic heterocycles. The number of amides is 1. The lowest BCUT2D eigenvalue weighted by molar-refractivity contribution is 0.0939. The van der Waals surface area contributed by atoms with Crippen molar-refractivity contribution in [2.75, 3.05) is 11.5 Å². The minimum atomic E-state index is -0.157. The second-order valence-electron chi connectivity index (χ2n) is 4.76. The summed E-state index contributed by atoms with van der Waals surface area (Å²) < 4.78 is 0. The first-order valence-electron chi connectivity index (χ1n) is 6.58. The summed E-state index contributed by atoms with van der Waals surface area (Å²) in [5.41, 5.74) is 6.65. The maximum absolute atomic E-state index is 12.2. The number of thioether (sulfide) groups is 1. The normalized spacial score (nSPS) is 22.4. The Hall–Kier alpha value is -0.870. The Bertz CT molecular complexity index is 447. The van der Waals surface area contributed by atoms with Crippen molar-refractivity contribution in [1.82, 2.24) is 5.32 Å². The second-order valence-corrected chi connectivity index (χ2v) is 6.75. The fraction of sp³-hybridized carbons (Fsp3) is 0.500. The third-order valence-corrected chi connectivity index (χ3v) is 4.94. The van der Waals surface area contributed by atoms with Crippen LogP contribution in [0, 0.1) is 0 Å². The third kappa shape index (κ3) is 3.57. The molecule has 1 aliphatic rings. The molecule has 0 aliphatic heterocycles. The van der Waals surface area contributed by atoms with E-state index >= 15 is 0 Å². The first-order valence-corrected chi connectivity index (χ1v) is 8.01. The molecule has 1 amide bonds. The van der Waals surface area contributed by atoms with Crippen molar-refractivity contribution in [1.29, 1.82) is 0 Å². The molecular weight excluding hydrogens is 280 g/mol. The molecule has 0 bridgehead atoms. The number of hydrogen-bond acceptors (Lipinski definition) is 3. The molecule has 0 radical (unpaired) electrons. The topological polar surface area (TPSA) is 55.1 Å². The van der Waals surface area contributed by atoms with Crippen molar-refractivity contribution in [3.63, 3.8) is 0 Å². The van der Waals surface area contributed by atoms with Gasteiger partial charge in [0, 0.05) is 17.0 Å². The van der Waals surface area contributed by atoms with Gasteiger partial charge in [-0.2, -0.15) is 11.8 Å². The smallest absolute Gasteiger partial charge is 0.255 e. The highest BCUT2D eigenvalue weighted by atomic mass is 35.5. The van der Waals surface area contributed by atoms with Gasteiger partial charge >= 0.3 is 0 Å². The van der Waals surface area contributed by atoms with Gasteiger partial charge < -0.3 is 11.1 Å². The van der Waals surface area contributed by atoms with E-state index in [1.807, 2.05) is 11.8 Å². The van der Waals surface area contributed by atoms with Crippen LogP contribution in [-0.4, -0.2) is 23.0 Å². The number of benzene rings is 1. The number of anilines is 1. The van der Waals surface area contributed by atoms with E-state index < -0.39 is 0 Å². The Labute approximate surface area is 123 Å². The van der Waals surface area contributed by atoms with Gasteiger partial charge in [0.25, 0.3) is 5.91 Å². The SMILES string of the molecule is CCSC1CCC(NC(=O)c2c(N)cccc2Cl)C1.